The Balaban J connectivity index is 1.55. The molecule has 2 aromatic carbocycles. The molecule has 0 bridgehead atoms. The van der Waals surface area contributed by atoms with Crippen molar-refractivity contribution in [1.82, 2.24) is 4.90 Å². The maximum Gasteiger partial charge on any atom is 0.248 e. The third kappa shape index (κ3) is 7.08. The molecule has 0 unspecified atom stereocenters. The summed E-state index contributed by atoms with van der Waals surface area (Å²) in [6.45, 7) is 7.24. The summed E-state index contributed by atoms with van der Waals surface area (Å²) < 4.78 is 7.10. The summed E-state index contributed by atoms with van der Waals surface area (Å²) in [5.74, 6) is 1.06. The van der Waals surface area contributed by atoms with E-state index in [9.17, 15) is 9.59 Å². The van der Waals surface area contributed by atoms with Crippen LogP contribution in [0.4, 0.5) is 11.4 Å². The molecule has 3 rings (SSSR count). The van der Waals surface area contributed by atoms with Crippen LogP contribution in [0.3, 0.4) is 0 Å². The first-order valence-electron chi connectivity index (χ1n) is 10.9. The summed E-state index contributed by atoms with van der Waals surface area (Å²) in [5, 5.41) is 2.89. The molecule has 0 aliphatic carbocycles. The van der Waals surface area contributed by atoms with Gasteiger partial charge in [0, 0.05) is 60.1 Å². The molecule has 2 amide bonds. The van der Waals surface area contributed by atoms with Gasteiger partial charge in [0.15, 0.2) is 0 Å². The maximum atomic E-state index is 12.4. The number of nitrogens with one attached hydrogen (secondary N) is 1. The molecular formula is C25H29Br2N3O3. The highest BCUT2D eigenvalue weighted by atomic mass is 79.9. The molecule has 1 aliphatic rings. The Morgan fingerprint density at radius 1 is 1.09 bits per heavy atom. The Labute approximate surface area is 212 Å². The predicted octanol–water partition coefficient (Wildman–Crippen LogP) is 5.57. The Morgan fingerprint density at radius 2 is 1.76 bits per heavy atom. The van der Waals surface area contributed by atoms with E-state index in [2.05, 4.69) is 55.9 Å². The molecule has 8 heteroatoms. The molecular weight excluding hydrogens is 550 g/mol. The van der Waals surface area contributed by atoms with Gasteiger partial charge in [0.2, 0.25) is 11.8 Å². The fourth-order valence-corrected chi connectivity index (χ4v) is 5.14. The highest BCUT2D eigenvalue weighted by Gasteiger charge is 2.21. The number of amides is 2. The Morgan fingerprint density at radius 3 is 2.36 bits per heavy atom. The fourth-order valence-electron chi connectivity index (χ4n) is 3.72. The van der Waals surface area contributed by atoms with Gasteiger partial charge in [-0.25, -0.2) is 0 Å². The van der Waals surface area contributed by atoms with Crippen molar-refractivity contribution in [1.29, 1.82) is 0 Å². The van der Waals surface area contributed by atoms with Gasteiger partial charge in [0.05, 0.1) is 11.6 Å². The van der Waals surface area contributed by atoms with Gasteiger partial charge in [-0.3, -0.25) is 9.59 Å². The minimum atomic E-state index is -0.224. The van der Waals surface area contributed by atoms with E-state index in [1.165, 1.54) is 6.08 Å². The number of halogens is 2. The lowest BCUT2D eigenvalue weighted by Crippen LogP contribution is -2.49. The molecule has 1 fully saturated rings. The number of carbonyl (C=O) groups excluding carboxylic acids is 2. The van der Waals surface area contributed by atoms with E-state index in [1.807, 2.05) is 41.3 Å². The van der Waals surface area contributed by atoms with Gasteiger partial charge < -0.3 is 19.9 Å². The zero-order valence-electron chi connectivity index (χ0n) is 19.1. The smallest absolute Gasteiger partial charge is 0.248 e. The first kappa shape index (κ1) is 25.3. The largest absolute Gasteiger partial charge is 0.495 e. The van der Waals surface area contributed by atoms with Crippen molar-refractivity contribution >= 4 is 61.1 Å². The number of nitrogens with zero attached hydrogens (tertiary/aromatic N) is 2. The summed E-state index contributed by atoms with van der Waals surface area (Å²) in [6, 6.07) is 11.6. The number of anilines is 2. The van der Waals surface area contributed by atoms with E-state index >= 15 is 0 Å². The summed E-state index contributed by atoms with van der Waals surface area (Å²) in [5.41, 5.74) is 2.60. The van der Waals surface area contributed by atoms with Crippen LogP contribution in [-0.4, -0.2) is 50.0 Å². The van der Waals surface area contributed by atoms with Crippen molar-refractivity contribution in [3.8, 4) is 5.75 Å². The average molecular weight is 579 g/mol. The highest BCUT2D eigenvalue weighted by molar-refractivity contribution is 9.11. The van der Waals surface area contributed by atoms with Crippen LogP contribution in [0.15, 0.2) is 51.4 Å². The third-order valence-corrected chi connectivity index (χ3v) is 6.42. The summed E-state index contributed by atoms with van der Waals surface area (Å²) >= 11 is 6.92. The lowest BCUT2D eigenvalue weighted by Gasteiger charge is -2.36. The number of piperazine rings is 1. The molecule has 6 nitrogen and oxygen atoms in total. The second-order valence-electron chi connectivity index (χ2n) is 8.35. The SMILES string of the molecule is COc1c(Br)cc(Br)cc1/C=C/C(=O)Nc1ccc(N2CCN(C(=O)CC(C)C)CC2)cc1. The van der Waals surface area contributed by atoms with E-state index in [1.54, 1.807) is 13.2 Å². The van der Waals surface area contributed by atoms with Gasteiger partial charge in [-0.2, -0.15) is 0 Å². The van der Waals surface area contributed by atoms with Crippen molar-refractivity contribution < 1.29 is 14.3 Å². The topological polar surface area (TPSA) is 61.9 Å². The minimum Gasteiger partial charge on any atom is -0.495 e. The van der Waals surface area contributed by atoms with Crippen molar-refractivity contribution in [3.63, 3.8) is 0 Å². The molecule has 1 saturated heterocycles. The van der Waals surface area contributed by atoms with Crippen LogP contribution in [0, 0.1) is 5.92 Å². The van der Waals surface area contributed by atoms with Crippen LogP contribution >= 0.6 is 31.9 Å². The van der Waals surface area contributed by atoms with Gasteiger partial charge >= 0.3 is 0 Å². The fraction of sp³-hybridized carbons (Fsp3) is 0.360. The van der Waals surface area contributed by atoms with Crippen molar-refractivity contribution in [2.75, 3.05) is 43.5 Å². The Hall–Kier alpha value is -2.32. The summed E-state index contributed by atoms with van der Waals surface area (Å²) in [7, 11) is 1.59. The zero-order chi connectivity index (χ0) is 24.0. The second kappa shape index (κ2) is 11.7. The zero-order valence-corrected chi connectivity index (χ0v) is 22.3. The van der Waals surface area contributed by atoms with Crippen LogP contribution in [0.1, 0.15) is 25.8 Å². The highest BCUT2D eigenvalue weighted by Crippen LogP contribution is 2.33. The molecule has 1 N–H and O–H groups in total. The van der Waals surface area contributed by atoms with Crippen LogP contribution in [0.5, 0.6) is 5.75 Å². The first-order chi connectivity index (χ1) is 15.8. The van der Waals surface area contributed by atoms with Crippen LogP contribution < -0.4 is 15.0 Å². The standard InChI is InChI=1S/C25H29Br2N3O3/c1-17(2)14-24(32)30-12-10-29(11-13-30)21-7-5-20(6-8-21)28-23(31)9-4-18-15-19(26)16-22(27)25(18)33-3/h4-9,15-17H,10-14H2,1-3H3,(H,28,31)/b9-4+. The average Bonchev–Trinajstić information content (AvgIpc) is 2.77. The van der Waals surface area contributed by atoms with Gasteiger partial charge in [-0.1, -0.05) is 29.8 Å². The van der Waals surface area contributed by atoms with Crippen LogP contribution in [-0.2, 0) is 9.59 Å². The number of methoxy groups -OCH3 is 1. The summed E-state index contributed by atoms with van der Waals surface area (Å²) in [6.07, 6.45) is 3.81. The quantitative estimate of drug-likeness (QED) is 0.437. The Bertz CT molecular complexity index is 1010. The van der Waals surface area contributed by atoms with E-state index < -0.39 is 0 Å². The van der Waals surface area contributed by atoms with E-state index in [0.29, 0.717) is 18.1 Å². The van der Waals surface area contributed by atoms with Crippen LogP contribution in [0.2, 0.25) is 0 Å². The van der Waals surface area contributed by atoms with E-state index in [-0.39, 0.29) is 11.8 Å². The number of carbonyl (C=O) groups is 2. The number of hydrogen-bond donors (Lipinski definition) is 1. The summed E-state index contributed by atoms with van der Waals surface area (Å²) in [4.78, 5) is 28.9. The molecule has 0 spiro atoms. The molecule has 0 radical (unpaired) electrons. The second-order valence-corrected chi connectivity index (χ2v) is 10.1. The molecule has 1 heterocycles. The van der Waals surface area contributed by atoms with E-state index in [0.717, 1.165) is 52.1 Å². The molecule has 33 heavy (non-hydrogen) atoms. The first-order valence-corrected chi connectivity index (χ1v) is 12.5. The molecule has 2 aromatic rings. The third-order valence-electron chi connectivity index (χ3n) is 5.37. The van der Waals surface area contributed by atoms with Gasteiger partial charge in [-0.05, 0) is 64.3 Å². The number of ether oxygens (including phenoxy) is 1. The molecule has 0 atom stereocenters. The van der Waals surface area contributed by atoms with Gasteiger partial charge in [0.25, 0.3) is 0 Å². The maximum absolute atomic E-state index is 12.4. The van der Waals surface area contributed by atoms with Gasteiger partial charge in [-0.15, -0.1) is 0 Å². The lowest BCUT2D eigenvalue weighted by molar-refractivity contribution is -0.132. The number of rotatable bonds is 7. The van der Waals surface area contributed by atoms with Crippen molar-refractivity contribution in [2.24, 2.45) is 5.92 Å². The normalized spacial score (nSPS) is 14.1. The van der Waals surface area contributed by atoms with Gasteiger partial charge in [0.1, 0.15) is 5.75 Å². The van der Waals surface area contributed by atoms with Crippen LogP contribution in [0.25, 0.3) is 6.08 Å². The van der Waals surface area contributed by atoms with Crippen molar-refractivity contribution in [2.45, 2.75) is 20.3 Å². The molecule has 0 saturated carbocycles. The molecule has 1 aliphatic heterocycles. The number of benzene rings is 2. The monoisotopic (exact) mass is 577 g/mol. The minimum absolute atomic E-state index is 0.224. The predicted molar refractivity (Wildman–Crippen MR) is 141 cm³/mol. The lowest BCUT2D eigenvalue weighted by atomic mass is 10.1. The molecule has 176 valence electrons. The van der Waals surface area contributed by atoms with Crippen molar-refractivity contribution in [3.05, 3.63) is 57.0 Å². The molecule has 0 aromatic heterocycles. The Kier molecular flexibility index (Phi) is 8.97. The van der Waals surface area contributed by atoms with E-state index in [4.69, 9.17) is 4.74 Å². The number of hydrogen-bond acceptors (Lipinski definition) is 4.